The molecule has 1 spiro atoms. The van der Waals surface area contributed by atoms with Crippen molar-refractivity contribution in [1.29, 1.82) is 0 Å². The first-order valence-electron chi connectivity index (χ1n) is 12.6. The smallest absolute Gasteiger partial charge is 0.314 e. The van der Waals surface area contributed by atoms with Crippen LogP contribution in [0, 0.1) is 0 Å². The second-order valence-electron chi connectivity index (χ2n) is 9.61. The average Bonchev–Trinajstić information content (AvgIpc) is 3.75. The summed E-state index contributed by atoms with van der Waals surface area (Å²) in [5, 5.41) is 11.2. The third-order valence-corrected chi connectivity index (χ3v) is 9.36. The van der Waals surface area contributed by atoms with E-state index in [1.807, 2.05) is 96.0 Å². The van der Waals surface area contributed by atoms with E-state index in [0.29, 0.717) is 33.6 Å². The molecule has 40 heavy (non-hydrogen) atoms. The predicted molar refractivity (Wildman–Crippen MR) is 158 cm³/mol. The Morgan fingerprint density at radius 3 is 2.73 bits per heavy atom. The van der Waals surface area contributed by atoms with Crippen LogP contribution in [0.1, 0.15) is 29.3 Å². The van der Waals surface area contributed by atoms with E-state index in [1.165, 1.54) is 0 Å². The first-order chi connectivity index (χ1) is 19.6. The first-order valence-corrected chi connectivity index (χ1v) is 14.7. The van der Waals surface area contributed by atoms with Crippen LogP contribution in [-0.4, -0.2) is 26.8 Å². The molecular formula is C30H19ClN4O3S2. The van der Waals surface area contributed by atoms with Gasteiger partial charge in [-0.15, -0.1) is 11.3 Å². The first kappa shape index (κ1) is 23.8. The van der Waals surface area contributed by atoms with E-state index < -0.39 is 5.85 Å². The minimum absolute atomic E-state index is 0.132. The van der Waals surface area contributed by atoms with Crippen LogP contribution in [-0.2, 0) is 0 Å². The number of nitrogens with zero attached hydrogens (tertiary/aromatic N) is 3. The van der Waals surface area contributed by atoms with Crippen LogP contribution in [0.3, 0.4) is 0 Å². The van der Waals surface area contributed by atoms with Crippen molar-refractivity contribution in [2.24, 2.45) is 5.10 Å². The number of benzene rings is 3. The number of hydrogen-bond acceptors (Lipinski definition) is 8. The van der Waals surface area contributed by atoms with Crippen LogP contribution in [0.25, 0.3) is 27.1 Å². The molecule has 2 unspecified atom stereocenters. The molecule has 0 bridgehead atoms. The summed E-state index contributed by atoms with van der Waals surface area (Å²) in [5.74, 6) is 0.659. The number of aromatic nitrogens is 1. The largest absolute Gasteiger partial charge is 0.454 e. The summed E-state index contributed by atoms with van der Waals surface area (Å²) < 4.78 is 13.9. The maximum Gasteiger partial charge on any atom is 0.314 e. The van der Waals surface area contributed by atoms with E-state index in [9.17, 15) is 4.79 Å². The maximum absolute atomic E-state index is 12.9. The van der Waals surface area contributed by atoms with Crippen LogP contribution < -0.4 is 10.1 Å². The monoisotopic (exact) mass is 582 g/mol. The third-order valence-electron chi connectivity index (χ3n) is 7.16. The standard InChI is InChI=1S/C30H19ClN4O3S2/c31-18-11-9-17(10-12-18)22-16-23-20-5-1-3-7-24(20)38-30(35(23)34-22)27(40-29(36)33-30)15-19-13-14-25(37-19)28-32-21-6-2-4-8-26(21)39-28/h1-15,23H,16H2,(H,33,36)/b27-15-. The fraction of sp³-hybridized carbons (Fsp3) is 0.100. The number of thioether (sulfide) groups is 1. The Bertz CT molecular complexity index is 1850. The second-order valence-corrected chi connectivity index (χ2v) is 12.1. The Kier molecular flexibility index (Phi) is 5.35. The van der Waals surface area contributed by atoms with Crippen molar-refractivity contribution in [3.8, 4) is 16.5 Å². The lowest BCUT2D eigenvalue weighted by Crippen LogP contribution is -2.61. The van der Waals surface area contributed by atoms with Crippen LogP contribution >= 0.6 is 34.7 Å². The van der Waals surface area contributed by atoms with Gasteiger partial charge in [-0.3, -0.25) is 10.1 Å². The molecule has 1 fully saturated rings. The van der Waals surface area contributed by atoms with Gasteiger partial charge in [0.05, 0.1) is 26.9 Å². The minimum Gasteiger partial charge on any atom is -0.454 e. The lowest BCUT2D eigenvalue weighted by atomic mass is 9.96. The number of furan rings is 1. The van der Waals surface area contributed by atoms with Gasteiger partial charge >= 0.3 is 5.85 Å². The number of ether oxygens (including phenoxy) is 1. The van der Waals surface area contributed by atoms with E-state index >= 15 is 0 Å². The summed E-state index contributed by atoms with van der Waals surface area (Å²) in [6.45, 7) is 0. The molecule has 1 N–H and O–H groups in total. The number of fused-ring (bicyclic) bond motifs is 5. The number of halogens is 1. The molecule has 5 heterocycles. The maximum atomic E-state index is 12.9. The van der Waals surface area contributed by atoms with Gasteiger partial charge in [0, 0.05) is 17.0 Å². The average molecular weight is 583 g/mol. The number of rotatable bonds is 3. The van der Waals surface area contributed by atoms with Crippen molar-refractivity contribution in [3.05, 3.63) is 112 Å². The lowest BCUT2D eigenvalue weighted by Gasteiger charge is -2.44. The Labute approximate surface area is 242 Å². The highest BCUT2D eigenvalue weighted by Crippen LogP contribution is 2.52. The SMILES string of the molecule is O=C1NC2(Oc3ccccc3C3CC(c4ccc(Cl)cc4)=NN32)/C(=C/c2ccc(-c3nc4ccccc4s3)o2)S1. The van der Waals surface area contributed by atoms with E-state index in [2.05, 4.69) is 5.32 Å². The normalized spacial score (nSPS) is 22.4. The van der Waals surface area contributed by atoms with Gasteiger partial charge in [0.1, 0.15) is 11.5 Å². The summed E-state index contributed by atoms with van der Waals surface area (Å²) >= 11 is 8.80. The molecule has 5 aromatic rings. The molecule has 10 heteroatoms. The van der Waals surface area contributed by atoms with Crippen molar-refractivity contribution in [3.63, 3.8) is 0 Å². The molecule has 2 atom stereocenters. The molecule has 0 radical (unpaired) electrons. The molecule has 8 rings (SSSR count). The highest BCUT2D eigenvalue weighted by molar-refractivity contribution is 8.17. The number of thiazole rings is 1. The van der Waals surface area contributed by atoms with Gasteiger partial charge in [-0.2, -0.15) is 5.10 Å². The molecular weight excluding hydrogens is 564 g/mol. The number of para-hydroxylation sites is 2. The summed E-state index contributed by atoms with van der Waals surface area (Å²) in [4.78, 5) is 18.3. The van der Waals surface area contributed by atoms with Gasteiger partial charge < -0.3 is 9.15 Å². The Morgan fingerprint density at radius 1 is 1.02 bits per heavy atom. The van der Waals surface area contributed by atoms with Crippen LogP contribution in [0.15, 0.2) is 99.4 Å². The van der Waals surface area contributed by atoms with Crippen molar-refractivity contribution >= 4 is 61.9 Å². The fourth-order valence-electron chi connectivity index (χ4n) is 5.33. The summed E-state index contributed by atoms with van der Waals surface area (Å²) in [6.07, 6.45) is 2.50. The molecule has 0 aliphatic carbocycles. The zero-order valence-electron chi connectivity index (χ0n) is 20.7. The number of hydrazone groups is 1. The topological polar surface area (TPSA) is 80.0 Å². The Morgan fingerprint density at radius 2 is 1.85 bits per heavy atom. The molecule has 7 nitrogen and oxygen atoms in total. The number of amides is 1. The van der Waals surface area contributed by atoms with Gasteiger partial charge in [0.25, 0.3) is 5.24 Å². The molecule has 1 amide bonds. The Balaban J connectivity index is 1.21. The molecule has 196 valence electrons. The van der Waals surface area contributed by atoms with Crippen LogP contribution in [0.5, 0.6) is 5.75 Å². The molecule has 3 aromatic carbocycles. The lowest BCUT2D eigenvalue weighted by molar-refractivity contribution is -0.0949. The van der Waals surface area contributed by atoms with Crippen molar-refractivity contribution in [2.75, 3.05) is 0 Å². The third kappa shape index (κ3) is 3.76. The highest BCUT2D eigenvalue weighted by atomic mass is 35.5. The molecule has 0 saturated carbocycles. The van der Waals surface area contributed by atoms with Crippen LogP contribution in [0.4, 0.5) is 4.79 Å². The number of hydrogen-bond donors (Lipinski definition) is 1. The van der Waals surface area contributed by atoms with Crippen molar-refractivity contribution in [2.45, 2.75) is 18.3 Å². The predicted octanol–water partition coefficient (Wildman–Crippen LogP) is 7.90. The molecule has 1 saturated heterocycles. The van der Waals surface area contributed by atoms with Gasteiger partial charge in [-0.25, -0.2) is 9.99 Å². The van der Waals surface area contributed by atoms with E-state index in [-0.39, 0.29) is 11.3 Å². The van der Waals surface area contributed by atoms with Crippen LogP contribution in [0.2, 0.25) is 5.02 Å². The molecule has 3 aliphatic heterocycles. The van der Waals surface area contributed by atoms with E-state index in [4.69, 9.17) is 30.8 Å². The van der Waals surface area contributed by atoms with Gasteiger partial charge in [0.2, 0.25) is 0 Å². The zero-order valence-corrected chi connectivity index (χ0v) is 23.1. The summed E-state index contributed by atoms with van der Waals surface area (Å²) in [7, 11) is 0. The quantitative estimate of drug-likeness (QED) is 0.233. The van der Waals surface area contributed by atoms with E-state index in [1.54, 1.807) is 11.3 Å². The van der Waals surface area contributed by atoms with Gasteiger partial charge in [0.15, 0.2) is 10.8 Å². The minimum atomic E-state index is -1.31. The molecule has 2 aromatic heterocycles. The van der Waals surface area contributed by atoms with E-state index in [0.717, 1.165) is 43.8 Å². The Hall–Kier alpha value is -4.05. The van der Waals surface area contributed by atoms with Crippen molar-refractivity contribution in [1.82, 2.24) is 15.3 Å². The number of carbonyl (C=O) groups excluding carboxylic acids is 1. The summed E-state index contributed by atoms with van der Waals surface area (Å²) in [5.41, 5.74) is 3.81. The number of carbonyl (C=O) groups is 1. The summed E-state index contributed by atoms with van der Waals surface area (Å²) in [6, 6.07) is 27.2. The van der Waals surface area contributed by atoms with Gasteiger partial charge in [-0.05, 0) is 65.9 Å². The fourth-order valence-corrected chi connectivity index (χ4v) is 7.28. The molecule has 3 aliphatic rings. The van der Waals surface area contributed by atoms with Gasteiger partial charge in [-0.1, -0.05) is 54.1 Å². The highest BCUT2D eigenvalue weighted by Gasteiger charge is 2.58. The number of nitrogens with one attached hydrogen (secondary N) is 1. The second kappa shape index (κ2) is 8.99. The van der Waals surface area contributed by atoms with Crippen molar-refractivity contribution < 1.29 is 13.9 Å². The zero-order chi connectivity index (χ0) is 26.8.